The number of nitrogens with one attached hydrogen (secondary N) is 2. The summed E-state index contributed by atoms with van der Waals surface area (Å²) in [6, 6.07) is 8.63. The summed E-state index contributed by atoms with van der Waals surface area (Å²) in [4.78, 5) is 37.9. The first-order valence-electron chi connectivity index (χ1n) is 20.1. The summed E-state index contributed by atoms with van der Waals surface area (Å²) in [6.07, 6.45) is 8.41. The predicted octanol–water partition coefficient (Wildman–Crippen LogP) is 6.37. The first-order chi connectivity index (χ1) is 27.2. The fourth-order valence-electron chi connectivity index (χ4n) is 7.67. The Hall–Kier alpha value is -4.36. The van der Waals surface area contributed by atoms with Crippen LogP contribution in [0.5, 0.6) is 5.75 Å². The van der Waals surface area contributed by atoms with Crippen LogP contribution < -0.4 is 25.6 Å². The highest BCUT2D eigenvalue weighted by Crippen LogP contribution is 2.41. The van der Waals surface area contributed by atoms with Crippen LogP contribution in [-0.2, 0) is 25.3 Å². The second kappa shape index (κ2) is 18.5. The van der Waals surface area contributed by atoms with Crippen molar-refractivity contribution in [3.05, 3.63) is 54.0 Å². The zero-order chi connectivity index (χ0) is 40.7. The Labute approximate surface area is 337 Å². The number of carbonyl (C=O) groups excluding carboxylic acids is 1. The number of hydrogen-bond acceptors (Lipinski definition) is 14. The normalized spacial score (nSPS) is 16.2. The van der Waals surface area contributed by atoms with E-state index in [1.807, 2.05) is 39.8 Å². The highest BCUT2D eigenvalue weighted by molar-refractivity contribution is 7.71. The third-order valence-electron chi connectivity index (χ3n) is 10.6. The molecule has 4 aromatic rings. The number of rotatable bonds is 15. The number of esters is 1. The van der Waals surface area contributed by atoms with Gasteiger partial charge in [0, 0.05) is 87.8 Å². The van der Waals surface area contributed by atoms with Crippen molar-refractivity contribution in [1.29, 1.82) is 0 Å². The van der Waals surface area contributed by atoms with Crippen LogP contribution >= 0.6 is 7.14 Å². The van der Waals surface area contributed by atoms with Crippen molar-refractivity contribution in [2.45, 2.75) is 71.9 Å². The molecule has 0 amide bonds. The molecule has 2 aromatic heterocycles. The first-order valence-corrected chi connectivity index (χ1v) is 22.7. The minimum absolute atomic E-state index is 0.213. The van der Waals surface area contributed by atoms with Gasteiger partial charge < -0.3 is 34.3 Å². The lowest BCUT2D eigenvalue weighted by Crippen LogP contribution is -2.53. The lowest BCUT2D eigenvalue weighted by atomic mass is 9.99. The van der Waals surface area contributed by atoms with Crippen LogP contribution in [0.25, 0.3) is 11.0 Å². The van der Waals surface area contributed by atoms with Crippen LogP contribution in [0.15, 0.2) is 42.9 Å². The molecular formula is C42H60N9O5P. The van der Waals surface area contributed by atoms with Crippen molar-refractivity contribution >= 4 is 58.3 Å². The average Bonchev–Trinajstić information content (AvgIpc) is 3.18. The maximum atomic E-state index is 13.5. The van der Waals surface area contributed by atoms with Crippen LogP contribution in [0.3, 0.4) is 0 Å². The highest BCUT2D eigenvalue weighted by atomic mass is 31.2. The van der Waals surface area contributed by atoms with E-state index in [0.717, 1.165) is 82.1 Å². The van der Waals surface area contributed by atoms with E-state index in [1.54, 1.807) is 39.0 Å². The minimum atomic E-state index is -2.74. The molecule has 2 fully saturated rings. The average molecular weight is 802 g/mol. The zero-order valence-corrected chi connectivity index (χ0v) is 35.8. The Morgan fingerprint density at radius 1 is 0.947 bits per heavy atom. The van der Waals surface area contributed by atoms with Gasteiger partial charge in [0.2, 0.25) is 5.95 Å². The van der Waals surface area contributed by atoms with E-state index in [9.17, 15) is 9.36 Å². The summed E-state index contributed by atoms with van der Waals surface area (Å²) in [5, 5.41) is 7.49. The molecule has 2 aromatic carbocycles. The molecule has 2 aliphatic rings. The van der Waals surface area contributed by atoms with Gasteiger partial charge in [-0.15, -0.1) is 0 Å². The Morgan fingerprint density at radius 2 is 1.68 bits per heavy atom. The fourth-order valence-corrected chi connectivity index (χ4v) is 9.06. The number of carbonyl (C=O) groups is 1. The molecule has 308 valence electrons. The van der Waals surface area contributed by atoms with Gasteiger partial charge in [0.05, 0.1) is 48.9 Å². The Kier molecular flexibility index (Phi) is 13.7. The first kappa shape index (κ1) is 42.3. The third kappa shape index (κ3) is 11.0. The van der Waals surface area contributed by atoms with E-state index in [2.05, 4.69) is 59.3 Å². The lowest BCUT2D eigenvalue weighted by Gasteiger charge is -2.43. The van der Waals surface area contributed by atoms with Crippen molar-refractivity contribution in [1.82, 2.24) is 29.7 Å². The van der Waals surface area contributed by atoms with E-state index < -0.39 is 12.7 Å². The zero-order valence-electron chi connectivity index (χ0n) is 34.9. The van der Waals surface area contributed by atoms with Gasteiger partial charge in [-0.05, 0) is 84.0 Å². The van der Waals surface area contributed by atoms with Crippen LogP contribution in [-0.4, -0.2) is 127 Å². The molecule has 0 radical (unpaired) electrons. The van der Waals surface area contributed by atoms with Crippen molar-refractivity contribution in [3.63, 3.8) is 0 Å². The van der Waals surface area contributed by atoms with Gasteiger partial charge in [-0.25, -0.2) is 4.98 Å². The topological polar surface area (TPSA) is 147 Å². The van der Waals surface area contributed by atoms with Crippen molar-refractivity contribution in [2.75, 3.05) is 95.0 Å². The molecule has 14 nitrogen and oxygen atoms in total. The minimum Gasteiger partial charge on any atom is -0.494 e. The molecule has 0 saturated carbocycles. The summed E-state index contributed by atoms with van der Waals surface area (Å²) < 4.78 is 30.6. The lowest BCUT2D eigenvalue weighted by molar-refractivity contribution is -0.156. The maximum absolute atomic E-state index is 13.5. The van der Waals surface area contributed by atoms with E-state index in [0.29, 0.717) is 53.0 Å². The van der Waals surface area contributed by atoms with Gasteiger partial charge in [-0.3, -0.25) is 24.6 Å². The fraction of sp³-hybridized carbons (Fsp3) is 0.548. The summed E-state index contributed by atoms with van der Waals surface area (Å²) in [5.41, 5.74) is 5.60. The van der Waals surface area contributed by atoms with Gasteiger partial charge in [0.1, 0.15) is 29.8 Å². The molecule has 4 heterocycles. The number of fused-ring (bicyclic) bond motifs is 1. The molecular weight excluding hydrogens is 741 g/mol. The molecule has 0 unspecified atom stereocenters. The van der Waals surface area contributed by atoms with Crippen LogP contribution in [0, 0.1) is 6.92 Å². The van der Waals surface area contributed by atoms with Gasteiger partial charge in [-0.1, -0.05) is 6.92 Å². The Morgan fingerprint density at radius 3 is 2.37 bits per heavy atom. The smallest absolute Gasteiger partial charge is 0.308 e. The SMILES string of the molecule is CCc1cc(Nc2ncc(C)c(Nc3ccc4nccnc4c3P(C)(C)=O)n2)c(OC)cc1N1CCC(N2CCN(CCOCCC(=O)OC(C)(C)C)CC2)CC1. The molecule has 57 heavy (non-hydrogen) atoms. The third-order valence-corrected chi connectivity index (χ3v) is 12.1. The number of ether oxygens (including phenoxy) is 3. The Balaban J connectivity index is 1.04. The monoisotopic (exact) mass is 801 g/mol. The number of methoxy groups -OCH3 is 1. The number of aryl methyl sites for hydroxylation is 2. The van der Waals surface area contributed by atoms with Crippen molar-refractivity contribution in [3.8, 4) is 5.75 Å². The largest absolute Gasteiger partial charge is 0.494 e. The van der Waals surface area contributed by atoms with Gasteiger partial charge >= 0.3 is 5.97 Å². The quantitative estimate of drug-likeness (QED) is 0.0780. The summed E-state index contributed by atoms with van der Waals surface area (Å²) in [6.45, 7) is 21.3. The second-order valence-electron chi connectivity index (χ2n) is 16.3. The summed E-state index contributed by atoms with van der Waals surface area (Å²) >= 11 is 0. The van der Waals surface area contributed by atoms with Gasteiger partial charge in [-0.2, -0.15) is 4.98 Å². The molecule has 15 heteroatoms. The number of benzene rings is 2. The molecule has 2 N–H and O–H groups in total. The number of piperidine rings is 1. The van der Waals surface area contributed by atoms with E-state index in [4.69, 9.17) is 19.2 Å². The Bertz CT molecular complexity index is 2050. The highest BCUT2D eigenvalue weighted by Gasteiger charge is 2.29. The molecule has 2 saturated heterocycles. The summed E-state index contributed by atoms with van der Waals surface area (Å²) in [7, 11) is -1.05. The molecule has 6 rings (SSSR count). The molecule has 0 spiro atoms. The van der Waals surface area contributed by atoms with E-state index >= 15 is 0 Å². The van der Waals surface area contributed by atoms with Crippen LogP contribution in [0.1, 0.15) is 58.1 Å². The van der Waals surface area contributed by atoms with Gasteiger partial charge in [0.25, 0.3) is 0 Å². The second-order valence-corrected chi connectivity index (χ2v) is 19.4. The van der Waals surface area contributed by atoms with Gasteiger partial charge in [0.15, 0.2) is 0 Å². The standard InChI is InChI=1S/C42H60N9O5P/c1-9-30-26-34(47-41-45-28-29(2)40(48-41)46-33-11-10-32-38(44-16-15-43-32)39(33)57(7,8)53)36(54-6)27-35(30)51-17-12-31(13-18-51)50-21-19-49(20-22-50)23-25-55-24-14-37(52)56-42(3,4)5/h10-11,15-16,26-28,31H,9,12-14,17-25H2,1-8H3,(H2,45,46,47,48). The molecule has 2 aliphatic heterocycles. The molecule has 0 bridgehead atoms. The van der Waals surface area contributed by atoms with Crippen molar-refractivity contribution < 1.29 is 23.6 Å². The van der Waals surface area contributed by atoms with Crippen LogP contribution in [0.4, 0.5) is 28.8 Å². The number of piperazine rings is 1. The van der Waals surface area contributed by atoms with Crippen molar-refractivity contribution in [2.24, 2.45) is 0 Å². The number of nitrogens with zero attached hydrogens (tertiary/aromatic N) is 7. The van der Waals surface area contributed by atoms with E-state index in [1.165, 1.54) is 11.3 Å². The number of hydrogen-bond donors (Lipinski definition) is 2. The number of anilines is 5. The molecule has 0 atom stereocenters. The number of aromatic nitrogens is 4. The van der Waals surface area contributed by atoms with E-state index in [-0.39, 0.29) is 12.4 Å². The predicted molar refractivity (Wildman–Crippen MR) is 229 cm³/mol. The molecule has 0 aliphatic carbocycles. The maximum Gasteiger partial charge on any atom is 0.308 e. The summed E-state index contributed by atoms with van der Waals surface area (Å²) in [5.74, 6) is 1.53. The van der Waals surface area contributed by atoms with Crippen LogP contribution in [0.2, 0.25) is 0 Å².